The molecule has 0 spiro atoms. The van der Waals surface area contributed by atoms with Crippen LogP contribution in [0.15, 0.2) is 35.3 Å². The van der Waals surface area contributed by atoms with Gasteiger partial charge in [-0.3, -0.25) is 0 Å². The summed E-state index contributed by atoms with van der Waals surface area (Å²) in [5.41, 5.74) is 0.573. The van der Waals surface area contributed by atoms with Gasteiger partial charge in [0.2, 0.25) is 0 Å². The van der Waals surface area contributed by atoms with Gasteiger partial charge in [-0.25, -0.2) is 4.39 Å². The topological polar surface area (TPSA) is 12.0 Å². The Labute approximate surface area is 118 Å². The Balaban J connectivity index is 2.84. The van der Waals surface area contributed by atoms with Crippen molar-refractivity contribution in [2.24, 2.45) is 5.41 Å². The number of nitrogens with one attached hydrogen (secondary N) is 1. The van der Waals surface area contributed by atoms with Crippen molar-refractivity contribution in [1.29, 1.82) is 0 Å². The summed E-state index contributed by atoms with van der Waals surface area (Å²) in [6.45, 7) is 11.0. The highest BCUT2D eigenvalue weighted by atomic mass is 79.9. The van der Waals surface area contributed by atoms with Crippen molar-refractivity contribution in [1.82, 2.24) is 5.32 Å². The fourth-order valence-corrected chi connectivity index (χ4v) is 2.17. The molecule has 100 valence electrons. The lowest BCUT2D eigenvalue weighted by Crippen LogP contribution is -2.36. The molecule has 0 aliphatic carbocycles. The summed E-state index contributed by atoms with van der Waals surface area (Å²) >= 11 is 3.38. The minimum Gasteiger partial charge on any atom is -0.314 e. The van der Waals surface area contributed by atoms with Gasteiger partial charge in [0.05, 0.1) is 0 Å². The predicted octanol–water partition coefficient (Wildman–Crippen LogP) is 4.32. The van der Waals surface area contributed by atoms with Crippen LogP contribution in [0, 0.1) is 11.2 Å². The fourth-order valence-electron chi connectivity index (χ4n) is 1.76. The van der Waals surface area contributed by atoms with Crippen molar-refractivity contribution in [3.63, 3.8) is 0 Å². The molecule has 0 amide bonds. The molecule has 1 aromatic rings. The summed E-state index contributed by atoms with van der Waals surface area (Å²) < 4.78 is 14.7. The summed E-state index contributed by atoms with van der Waals surface area (Å²) in [5, 5.41) is 3.39. The van der Waals surface area contributed by atoms with Crippen molar-refractivity contribution < 1.29 is 4.39 Å². The van der Waals surface area contributed by atoms with E-state index in [4.69, 9.17) is 0 Å². The van der Waals surface area contributed by atoms with Gasteiger partial charge in [0, 0.05) is 22.5 Å². The molecular formula is C15H21BrFN. The first-order chi connectivity index (χ1) is 8.36. The lowest BCUT2D eigenvalue weighted by Gasteiger charge is -2.27. The molecule has 0 aliphatic heterocycles. The Morgan fingerprint density at radius 3 is 2.72 bits per heavy atom. The van der Waals surface area contributed by atoms with Gasteiger partial charge in [-0.2, -0.15) is 0 Å². The minimum atomic E-state index is -0.157. The first kappa shape index (κ1) is 15.4. The second-order valence-electron chi connectivity index (χ2n) is 5.31. The SMILES string of the molecule is C=CC(C)(CNC(C)C)Cc1cc(Br)ccc1F. The maximum absolute atomic E-state index is 13.8. The van der Waals surface area contributed by atoms with E-state index in [1.807, 2.05) is 12.1 Å². The molecule has 0 aliphatic rings. The normalized spacial score (nSPS) is 14.6. The monoisotopic (exact) mass is 313 g/mol. The Bertz CT molecular complexity index is 417. The zero-order valence-corrected chi connectivity index (χ0v) is 12.8. The van der Waals surface area contributed by atoms with E-state index in [-0.39, 0.29) is 11.2 Å². The highest BCUT2D eigenvalue weighted by Crippen LogP contribution is 2.26. The van der Waals surface area contributed by atoms with Crippen LogP contribution in [0.5, 0.6) is 0 Å². The lowest BCUT2D eigenvalue weighted by molar-refractivity contribution is 0.368. The van der Waals surface area contributed by atoms with Gasteiger partial charge in [0.25, 0.3) is 0 Å². The molecule has 1 N–H and O–H groups in total. The number of halogens is 2. The molecule has 1 aromatic carbocycles. The van der Waals surface area contributed by atoms with Gasteiger partial charge in [-0.1, -0.05) is 42.8 Å². The molecule has 1 rings (SSSR count). The van der Waals surface area contributed by atoms with Crippen LogP contribution in [0.4, 0.5) is 4.39 Å². The maximum Gasteiger partial charge on any atom is 0.126 e. The second-order valence-corrected chi connectivity index (χ2v) is 6.22. The van der Waals surface area contributed by atoms with E-state index in [2.05, 4.69) is 48.6 Å². The highest BCUT2D eigenvalue weighted by Gasteiger charge is 2.22. The molecule has 1 nitrogen and oxygen atoms in total. The quantitative estimate of drug-likeness (QED) is 0.771. The Hall–Kier alpha value is -0.670. The van der Waals surface area contributed by atoms with Crippen molar-refractivity contribution in [2.75, 3.05) is 6.54 Å². The number of hydrogen-bond acceptors (Lipinski definition) is 1. The third kappa shape index (κ3) is 4.54. The third-order valence-corrected chi connectivity index (χ3v) is 3.50. The van der Waals surface area contributed by atoms with Gasteiger partial charge in [0.1, 0.15) is 5.82 Å². The van der Waals surface area contributed by atoms with E-state index in [1.54, 1.807) is 6.07 Å². The first-order valence-corrected chi connectivity index (χ1v) is 6.96. The summed E-state index contributed by atoms with van der Waals surface area (Å²) in [5.74, 6) is -0.157. The van der Waals surface area contributed by atoms with Gasteiger partial charge < -0.3 is 5.32 Å². The van der Waals surface area contributed by atoms with Crippen LogP contribution in [0.1, 0.15) is 26.3 Å². The third-order valence-electron chi connectivity index (χ3n) is 3.01. The van der Waals surface area contributed by atoms with E-state index < -0.39 is 0 Å². The average Bonchev–Trinajstić information content (AvgIpc) is 2.31. The maximum atomic E-state index is 13.8. The standard InChI is InChI=1S/C15H21BrFN/c1-5-15(4,10-18-11(2)3)9-12-8-13(16)6-7-14(12)17/h5-8,11,18H,1,9-10H2,2-4H3. The van der Waals surface area contributed by atoms with Crippen molar-refractivity contribution >= 4 is 15.9 Å². The van der Waals surface area contributed by atoms with Crippen LogP contribution >= 0.6 is 15.9 Å². The molecule has 0 saturated heterocycles. The van der Waals surface area contributed by atoms with Crippen LogP contribution in [0.25, 0.3) is 0 Å². The summed E-state index contributed by atoms with van der Waals surface area (Å²) in [6.07, 6.45) is 2.55. The molecule has 18 heavy (non-hydrogen) atoms. The van der Waals surface area contributed by atoms with Gasteiger partial charge in [-0.15, -0.1) is 6.58 Å². The van der Waals surface area contributed by atoms with Crippen LogP contribution in [-0.4, -0.2) is 12.6 Å². The fraction of sp³-hybridized carbons (Fsp3) is 0.467. The molecule has 0 saturated carbocycles. The van der Waals surface area contributed by atoms with Gasteiger partial charge in [-0.05, 0) is 30.2 Å². The summed E-state index contributed by atoms with van der Waals surface area (Å²) in [7, 11) is 0. The van der Waals surface area contributed by atoms with Crippen molar-refractivity contribution in [3.8, 4) is 0 Å². The van der Waals surface area contributed by atoms with Crippen LogP contribution in [0.2, 0.25) is 0 Å². The Morgan fingerprint density at radius 1 is 1.50 bits per heavy atom. The van der Waals surface area contributed by atoms with E-state index in [0.29, 0.717) is 12.5 Å². The van der Waals surface area contributed by atoms with Crippen molar-refractivity contribution in [2.45, 2.75) is 33.2 Å². The van der Waals surface area contributed by atoms with Gasteiger partial charge in [0.15, 0.2) is 0 Å². The van der Waals surface area contributed by atoms with Crippen LogP contribution in [-0.2, 0) is 6.42 Å². The molecule has 3 heteroatoms. The van der Waals surface area contributed by atoms with E-state index in [1.165, 1.54) is 6.07 Å². The molecule has 1 unspecified atom stereocenters. The Morgan fingerprint density at radius 2 is 2.17 bits per heavy atom. The molecule has 1 atom stereocenters. The number of hydrogen-bond donors (Lipinski definition) is 1. The molecule has 0 fully saturated rings. The van der Waals surface area contributed by atoms with Gasteiger partial charge >= 0.3 is 0 Å². The van der Waals surface area contributed by atoms with Crippen LogP contribution < -0.4 is 5.32 Å². The Kier molecular flexibility index (Phi) is 5.54. The lowest BCUT2D eigenvalue weighted by atomic mass is 9.83. The molecule has 0 heterocycles. The smallest absolute Gasteiger partial charge is 0.126 e. The second kappa shape index (κ2) is 6.48. The first-order valence-electron chi connectivity index (χ1n) is 6.17. The van der Waals surface area contributed by atoms with E-state index in [0.717, 1.165) is 16.6 Å². The predicted molar refractivity (Wildman–Crippen MR) is 79.2 cm³/mol. The van der Waals surface area contributed by atoms with E-state index >= 15 is 0 Å². The zero-order valence-electron chi connectivity index (χ0n) is 11.3. The van der Waals surface area contributed by atoms with Crippen molar-refractivity contribution in [3.05, 3.63) is 46.7 Å². The summed E-state index contributed by atoms with van der Waals surface area (Å²) in [4.78, 5) is 0. The zero-order chi connectivity index (χ0) is 13.8. The molecule has 0 bridgehead atoms. The minimum absolute atomic E-state index is 0.147. The number of rotatable bonds is 6. The number of benzene rings is 1. The molecular weight excluding hydrogens is 293 g/mol. The molecule has 0 radical (unpaired) electrons. The van der Waals surface area contributed by atoms with Crippen LogP contribution in [0.3, 0.4) is 0 Å². The summed E-state index contributed by atoms with van der Waals surface area (Å²) in [6, 6.07) is 5.47. The average molecular weight is 314 g/mol. The highest BCUT2D eigenvalue weighted by molar-refractivity contribution is 9.10. The largest absolute Gasteiger partial charge is 0.314 e. The van der Waals surface area contributed by atoms with E-state index in [9.17, 15) is 4.39 Å². The molecule has 0 aromatic heterocycles.